The van der Waals surface area contributed by atoms with Crippen LogP contribution in [0.5, 0.6) is 0 Å². The zero-order valence-corrected chi connectivity index (χ0v) is 10.7. The van der Waals surface area contributed by atoms with E-state index in [1.165, 1.54) is 11.5 Å². The van der Waals surface area contributed by atoms with Crippen molar-refractivity contribution in [1.29, 1.82) is 0 Å². The fourth-order valence-electron chi connectivity index (χ4n) is 1.69. The summed E-state index contributed by atoms with van der Waals surface area (Å²) in [5, 5.41) is 6.81. The van der Waals surface area contributed by atoms with Crippen LogP contribution in [0.2, 0.25) is 4.34 Å². The summed E-state index contributed by atoms with van der Waals surface area (Å²) in [6.07, 6.45) is 0. The number of piperazine rings is 1. The smallest absolute Gasteiger partial charge is 0.240 e. The maximum atomic E-state index is 11.7. The number of nitrogens with one attached hydrogen (secondary N) is 1. The molecule has 1 aromatic heterocycles. The highest BCUT2D eigenvalue weighted by molar-refractivity contribution is 7.10. The molecule has 0 bridgehead atoms. The second kappa shape index (κ2) is 4.27. The molecule has 1 N–H and O–H groups in total. The van der Waals surface area contributed by atoms with Gasteiger partial charge in [0.1, 0.15) is 10.0 Å². The van der Waals surface area contributed by atoms with Crippen molar-refractivity contribution in [3.63, 3.8) is 0 Å². The molecule has 0 aliphatic carbocycles. The van der Waals surface area contributed by atoms with Gasteiger partial charge in [-0.3, -0.25) is 9.69 Å². The number of aromatic nitrogens is 2. The molecule has 0 atom stereocenters. The van der Waals surface area contributed by atoms with Gasteiger partial charge < -0.3 is 5.32 Å². The van der Waals surface area contributed by atoms with Gasteiger partial charge in [-0.2, -0.15) is 0 Å². The maximum absolute atomic E-state index is 11.7. The van der Waals surface area contributed by atoms with E-state index in [1.54, 1.807) is 0 Å². The summed E-state index contributed by atoms with van der Waals surface area (Å²) in [6, 6.07) is 0. The normalized spacial score (nSPS) is 20.8. The summed E-state index contributed by atoms with van der Waals surface area (Å²) in [5.41, 5.74) is 0.222. The molecule has 0 spiro atoms. The topological polar surface area (TPSA) is 58.1 Å². The van der Waals surface area contributed by atoms with E-state index < -0.39 is 5.54 Å². The molecule has 16 heavy (non-hydrogen) atoms. The van der Waals surface area contributed by atoms with Gasteiger partial charge in [-0.05, 0) is 13.8 Å². The molecule has 1 aliphatic rings. The molecule has 0 aromatic carbocycles. The number of nitrogens with zero attached hydrogens (tertiary/aromatic N) is 3. The van der Waals surface area contributed by atoms with Gasteiger partial charge in [-0.15, -0.1) is 5.10 Å². The minimum absolute atomic E-state index is 0.0399. The number of hydrogen-bond acceptors (Lipinski definition) is 5. The van der Waals surface area contributed by atoms with Gasteiger partial charge in [0.15, 0.2) is 0 Å². The Hall–Kier alpha value is -0.720. The Bertz CT molecular complexity index is 406. The van der Waals surface area contributed by atoms with Crippen LogP contribution in [-0.2, 0) is 11.3 Å². The highest BCUT2D eigenvalue weighted by Gasteiger charge is 2.37. The van der Waals surface area contributed by atoms with Crippen molar-refractivity contribution in [3.05, 3.63) is 10.0 Å². The lowest BCUT2D eigenvalue weighted by Gasteiger charge is -2.40. The van der Waals surface area contributed by atoms with E-state index in [-0.39, 0.29) is 5.91 Å². The average Bonchev–Trinajstić information content (AvgIpc) is 2.60. The van der Waals surface area contributed by atoms with Crippen LogP contribution >= 0.6 is 23.1 Å². The Kier molecular flexibility index (Phi) is 3.14. The van der Waals surface area contributed by atoms with Crippen LogP contribution in [0.25, 0.3) is 0 Å². The van der Waals surface area contributed by atoms with Crippen molar-refractivity contribution in [2.45, 2.75) is 25.9 Å². The zero-order chi connectivity index (χ0) is 11.8. The van der Waals surface area contributed by atoms with E-state index in [0.717, 1.165) is 12.2 Å². The number of halogens is 1. The maximum Gasteiger partial charge on any atom is 0.240 e. The Morgan fingerprint density at radius 3 is 3.00 bits per heavy atom. The number of rotatable bonds is 2. The molecule has 1 fully saturated rings. The highest BCUT2D eigenvalue weighted by atomic mass is 35.5. The summed E-state index contributed by atoms with van der Waals surface area (Å²) in [6.45, 7) is 5.82. The third kappa shape index (κ3) is 2.05. The summed E-state index contributed by atoms with van der Waals surface area (Å²) in [5.74, 6) is 0.0399. The molecule has 88 valence electrons. The Morgan fingerprint density at radius 2 is 2.38 bits per heavy atom. The van der Waals surface area contributed by atoms with Crippen LogP contribution in [0.1, 0.15) is 19.5 Å². The lowest BCUT2D eigenvalue weighted by Crippen LogP contribution is -2.61. The molecule has 7 heteroatoms. The van der Waals surface area contributed by atoms with E-state index in [4.69, 9.17) is 11.6 Å². The molecule has 1 amide bonds. The molecule has 0 radical (unpaired) electrons. The van der Waals surface area contributed by atoms with Crippen molar-refractivity contribution < 1.29 is 4.79 Å². The Balaban J connectivity index is 2.15. The molecule has 1 aliphatic heterocycles. The predicted molar refractivity (Wildman–Crippen MR) is 62.4 cm³/mol. The molecule has 0 unspecified atom stereocenters. The molecule has 2 rings (SSSR count). The summed E-state index contributed by atoms with van der Waals surface area (Å²) >= 11 is 7.13. The fraction of sp³-hybridized carbons (Fsp3) is 0.667. The first-order chi connectivity index (χ1) is 7.51. The van der Waals surface area contributed by atoms with Crippen LogP contribution < -0.4 is 5.32 Å². The predicted octanol–water partition coefficient (Wildman–Crippen LogP) is 0.902. The van der Waals surface area contributed by atoms with Crippen molar-refractivity contribution in [2.75, 3.05) is 13.1 Å². The first-order valence-corrected chi connectivity index (χ1v) is 6.17. The van der Waals surface area contributed by atoms with Gasteiger partial charge >= 0.3 is 0 Å². The molecule has 1 aromatic rings. The van der Waals surface area contributed by atoms with E-state index >= 15 is 0 Å². The van der Waals surface area contributed by atoms with E-state index in [9.17, 15) is 4.79 Å². The quantitative estimate of drug-likeness (QED) is 0.859. The fourth-order valence-corrected chi connectivity index (χ4v) is 2.30. The summed E-state index contributed by atoms with van der Waals surface area (Å²) in [4.78, 5) is 13.8. The molecule has 5 nitrogen and oxygen atoms in total. The first-order valence-electron chi connectivity index (χ1n) is 5.02. The van der Waals surface area contributed by atoms with Crippen LogP contribution in [0, 0.1) is 0 Å². The number of amides is 1. The number of carbonyl (C=O) groups excluding carboxylic acids is 1. The van der Waals surface area contributed by atoms with Crippen molar-refractivity contribution in [3.8, 4) is 0 Å². The van der Waals surface area contributed by atoms with Crippen LogP contribution in [0.4, 0.5) is 0 Å². The molecule has 2 heterocycles. The van der Waals surface area contributed by atoms with E-state index in [0.29, 0.717) is 17.4 Å². The third-order valence-electron chi connectivity index (χ3n) is 2.86. The highest BCUT2D eigenvalue weighted by Crippen LogP contribution is 2.24. The van der Waals surface area contributed by atoms with Crippen LogP contribution in [0.3, 0.4) is 0 Å². The van der Waals surface area contributed by atoms with Crippen molar-refractivity contribution in [1.82, 2.24) is 19.8 Å². The molecule has 0 saturated carbocycles. The summed E-state index contributed by atoms with van der Waals surface area (Å²) in [7, 11) is 0. The standard InChI is InChI=1S/C9H13ClN4OS/c1-9(2)8(15)11-3-4-14(9)5-6-7(10)16-13-12-6/h3-5H2,1-2H3,(H,11,15). The van der Waals surface area contributed by atoms with Crippen molar-refractivity contribution in [2.24, 2.45) is 0 Å². The second-order valence-electron chi connectivity index (χ2n) is 4.23. The largest absolute Gasteiger partial charge is 0.353 e. The number of hydrogen-bond donors (Lipinski definition) is 1. The SMILES string of the molecule is CC1(C)C(=O)NCCN1Cc1nnsc1Cl. The Morgan fingerprint density at radius 1 is 1.62 bits per heavy atom. The first kappa shape index (κ1) is 11.8. The molecular weight excluding hydrogens is 248 g/mol. The Labute approximate surface area is 103 Å². The second-order valence-corrected chi connectivity index (χ2v) is 5.59. The zero-order valence-electron chi connectivity index (χ0n) is 9.16. The van der Waals surface area contributed by atoms with Gasteiger partial charge in [0.05, 0.1) is 5.54 Å². The number of carbonyl (C=O) groups is 1. The van der Waals surface area contributed by atoms with Gasteiger partial charge in [-0.25, -0.2) is 0 Å². The molecular formula is C9H13ClN4OS. The van der Waals surface area contributed by atoms with Gasteiger partial charge in [0.2, 0.25) is 5.91 Å². The minimum atomic E-state index is -0.523. The van der Waals surface area contributed by atoms with Gasteiger partial charge in [0.25, 0.3) is 0 Å². The minimum Gasteiger partial charge on any atom is -0.353 e. The van der Waals surface area contributed by atoms with Crippen LogP contribution in [-0.4, -0.2) is 39.0 Å². The monoisotopic (exact) mass is 260 g/mol. The van der Waals surface area contributed by atoms with Crippen molar-refractivity contribution >= 4 is 29.0 Å². The lowest BCUT2D eigenvalue weighted by molar-refractivity contribution is -0.135. The lowest BCUT2D eigenvalue weighted by atomic mass is 9.99. The molecule has 1 saturated heterocycles. The van der Waals surface area contributed by atoms with E-state index in [2.05, 4.69) is 19.8 Å². The summed E-state index contributed by atoms with van der Waals surface area (Å²) < 4.78 is 4.39. The van der Waals surface area contributed by atoms with Crippen LogP contribution in [0.15, 0.2) is 0 Å². The third-order valence-corrected chi connectivity index (χ3v) is 3.85. The van der Waals surface area contributed by atoms with E-state index in [1.807, 2.05) is 13.8 Å². The van der Waals surface area contributed by atoms with Gasteiger partial charge in [0, 0.05) is 31.2 Å². The van der Waals surface area contributed by atoms with Gasteiger partial charge in [-0.1, -0.05) is 16.1 Å². The average molecular weight is 261 g/mol.